The molecule has 1 aliphatic heterocycles. The molecule has 0 saturated carbocycles. The van der Waals surface area contributed by atoms with Crippen molar-refractivity contribution in [3.8, 4) is 0 Å². The number of nitrogens with zero attached hydrogens (tertiary/aromatic N) is 1. The maximum absolute atomic E-state index is 12.4. The van der Waals surface area contributed by atoms with Crippen molar-refractivity contribution in [1.82, 2.24) is 10.2 Å². The monoisotopic (exact) mass is 318 g/mol. The third kappa shape index (κ3) is 3.91. The van der Waals surface area contributed by atoms with Crippen LogP contribution < -0.4 is 5.32 Å². The molecule has 1 aromatic carbocycles. The van der Waals surface area contributed by atoms with Crippen LogP contribution in [0.1, 0.15) is 18.1 Å². The fourth-order valence-corrected chi connectivity index (χ4v) is 3.48. The summed E-state index contributed by atoms with van der Waals surface area (Å²) in [5, 5.41) is 13.6. The van der Waals surface area contributed by atoms with Crippen molar-refractivity contribution in [2.75, 3.05) is 39.4 Å². The SMILES string of the molecule is C[C@@H](CNC(=O)C1(O)Cc2ccccc2C1)CN1CCOCC1. The van der Waals surface area contributed by atoms with E-state index in [2.05, 4.69) is 17.1 Å². The number of hydrogen-bond donors (Lipinski definition) is 2. The first-order chi connectivity index (χ1) is 11.1. The van der Waals surface area contributed by atoms with Gasteiger partial charge in [0.15, 0.2) is 5.60 Å². The second-order valence-corrected chi connectivity index (χ2v) is 6.88. The topological polar surface area (TPSA) is 61.8 Å². The van der Waals surface area contributed by atoms with Gasteiger partial charge in [0.05, 0.1) is 13.2 Å². The third-order valence-electron chi connectivity index (χ3n) is 4.79. The molecule has 1 aliphatic carbocycles. The average Bonchev–Trinajstić information content (AvgIpc) is 2.91. The number of carbonyl (C=O) groups is 1. The number of hydrogen-bond acceptors (Lipinski definition) is 4. The molecule has 5 nitrogen and oxygen atoms in total. The number of benzene rings is 1. The normalized spacial score (nSPS) is 21.7. The molecule has 1 heterocycles. The highest BCUT2D eigenvalue weighted by Gasteiger charge is 2.41. The Kier molecular flexibility index (Phi) is 4.99. The first-order valence-electron chi connectivity index (χ1n) is 8.44. The van der Waals surface area contributed by atoms with E-state index in [0.717, 1.165) is 44.0 Å². The molecule has 0 unspecified atom stereocenters. The van der Waals surface area contributed by atoms with Crippen LogP contribution in [0, 0.1) is 5.92 Å². The van der Waals surface area contributed by atoms with Crippen LogP contribution in [-0.4, -0.2) is 60.9 Å². The lowest BCUT2D eigenvalue weighted by Gasteiger charge is -2.29. The standard InChI is InChI=1S/C18H26N2O3/c1-14(13-20-6-8-23-9-7-20)12-19-17(21)18(22)10-15-4-2-3-5-16(15)11-18/h2-5,14,22H,6-13H2,1H3,(H,19,21)/t14-/m0/s1. The van der Waals surface area contributed by atoms with Gasteiger partial charge in [-0.05, 0) is 17.0 Å². The molecule has 1 saturated heterocycles. The van der Waals surface area contributed by atoms with E-state index in [1.807, 2.05) is 24.3 Å². The summed E-state index contributed by atoms with van der Waals surface area (Å²) in [5.74, 6) is 0.104. The summed E-state index contributed by atoms with van der Waals surface area (Å²) in [4.78, 5) is 14.8. The fraction of sp³-hybridized carbons (Fsp3) is 0.611. The number of amides is 1. The van der Waals surface area contributed by atoms with E-state index in [9.17, 15) is 9.90 Å². The Morgan fingerprint density at radius 2 is 1.91 bits per heavy atom. The van der Waals surface area contributed by atoms with Gasteiger partial charge < -0.3 is 15.2 Å². The largest absolute Gasteiger partial charge is 0.379 e. The molecule has 1 amide bonds. The number of carbonyl (C=O) groups excluding carboxylic acids is 1. The van der Waals surface area contributed by atoms with Crippen LogP contribution in [0.2, 0.25) is 0 Å². The van der Waals surface area contributed by atoms with Gasteiger partial charge in [-0.15, -0.1) is 0 Å². The molecule has 126 valence electrons. The van der Waals surface area contributed by atoms with Gasteiger partial charge in [0.25, 0.3) is 5.91 Å². The molecule has 1 fully saturated rings. The molecule has 0 radical (unpaired) electrons. The minimum atomic E-state index is -1.29. The van der Waals surface area contributed by atoms with Crippen molar-refractivity contribution in [3.05, 3.63) is 35.4 Å². The lowest BCUT2D eigenvalue weighted by molar-refractivity contribution is -0.139. The second-order valence-electron chi connectivity index (χ2n) is 6.88. The summed E-state index contributed by atoms with van der Waals surface area (Å²) in [6.45, 7) is 7.16. The van der Waals surface area contributed by atoms with Crippen LogP contribution in [0.3, 0.4) is 0 Å². The maximum atomic E-state index is 12.4. The molecule has 3 rings (SSSR count). The predicted octanol–water partition coefficient (Wildman–Crippen LogP) is 0.601. The zero-order chi connectivity index (χ0) is 16.3. The minimum Gasteiger partial charge on any atom is -0.379 e. The van der Waals surface area contributed by atoms with E-state index in [1.54, 1.807) is 0 Å². The smallest absolute Gasteiger partial charge is 0.252 e. The predicted molar refractivity (Wildman–Crippen MR) is 88.2 cm³/mol. The van der Waals surface area contributed by atoms with Crippen molar-refractivity contribution in [2.24, 2.45) is 5.92 Å². The highest BCUT2D eigenvalue weighted by molar-refractivity contribution is 5.86. The molecule has 2 aliphatic rings. The van der Waals surface area contributed by atoms with E-state index in [1.165, 1.54) is 0 Å². The maximum Gasteiger partial charge on any atom is 0.252 e. The van der Waals surface area contributed by atoms with E-state index < -0.39 is 5.60 Å². The molecule has 1 atom stereocenters. The van der Waals surface area contributed by atoms with Gasteiger partial charge in [-0.1, -0.05) is 31.2 Å². The number of morpholine rings is 1. The Morgan fingerprint density at radius 3 is 2.52 bits per heavy atom. The van der Waals surface area contributed by atoms with Crippen molar-refractivity contribution in [2.45, 2.75) is 25.4 Å². The molecular formula is C18H26N2O3. The second kappa shape index (κ2) is 6.99. The van der Waals surface area contributed by atoms with Crippen LogP contribution in [-0.2, 0) is 22.4 Å². The van der Waals surface area contributed by atoms with Crippen molar-refractivity contribution in [1.29, 1.82) is 0 Å². The van der Waals surface area contributed by atoms with Crippen molar-refractivity contribution < 1.29 is 14.6 Å². The van der Waals surface area contributed by atoms with Gasteiger partial charge in [-0.25, -0.2) is 0 Å². The van der Waals surface area contributed by atoms with Crippen LogP contribution in [0.25, 0.3) is 0 Å². The quantitative estimate of drug-likeness (QED) is 0.835. The molecule has 0 spiro atoms. The summed E-state index contributed by atoms with van der Waals surface area (Å²) in [6, 6.07) is 7.88. The van der Waals surface area contributed by atoms with Crippen LogP contribution in [0.4, 0.5) is 0 Å². The van der Waals surface area contributed by atoms with E-state index in [4.69, 9.17) is 4.74 Å². The first-order valence-corrected chi connectivity index (χ1v) is 8.44. The summed E-state index contributed by atoms with van der Waals surface area (Å²) < 4.78 is 5.35. The third-order valence-corrected chi connectivity index (χ3v) is 4.79. The molecule has 23 heavy (non-hydrogen) atoms. The Labute approximate surface area is 137 Å². The Hall–Kier alpha value is -1.43. The highest BCUT2D eigenvalue weighted by atomic mass is 16.5. The van der Waals surface area contributed by atoms with E-state index in [-0.39, 0.29) is 5.91 Å². The van der Waals surface area contributed by atoms with Gasteiger partial charge in [0, 0.05) is 39.0 Å². The summed E-state index contributed by atoms with van der Waals surface area (Å²) >= 11 is 0. The van der Waals surface area contributed by atoms with Gasteiger partial charge >= 0.3 is 0 Å². The average molecular weight is 318 g/mol. The first kappa shape index (κ1) is 16.4. The molecule has 0 aromatic heterocycles. The van der Waals surface area contributed by atoms with Crippen LogP contribution in [0.15, 0.2) is 24.3 Å². The molecule has 1 aromatic rings. The van der Waals surface area contributed by atoms with Gasteiger partial charge in [-0.3, -0.25) is 9.69 Å². The lowest BCUT2D eigenvalue weighted by atomic mass is 9.99. The number of aliphatic hydroxyl groups is 1. The fourth-order valence-electron chi connectivity index (χ4n) is 3.48. The Balaban J connectivity index is 1.48. The number of ether oxygens (including phenoxy) is 1. The Bertz CT molecular complexity index is 530. The number of fused-ring (bicyclic) bond motifs is 1. The van der Waals surface area contributed by atoms with Gasteiger partial charge in [0.2, 0.25) is 0 Å². The van der Waals surface area contributed by atoms with Crippen molar-refractivity contribution >= 4 is 5.91 Å². The Morgan fingerprint density at radius 1 is 1.30 bits per heavy atom. The molecule has 5 heteroatoms. The molecule has 0 bridgehead atoms. The highest BCUT2D eigenvalue weighted by Crippen LogP contribution is 2.30. The summed E-state index contributed by atoms with van der Waals surface area (Å²) in [7, 11) is 0. The number of rotatable bonds is 5. The summed E-state index contributed by atoms with van der Waals surface area (Å²) in [6.07, 6.45) is 0.819. The van der Waals surface area contributed by atoms with Crippen LogP contribution >= 0.6 is 0 Å². The van der Waals surface area contributed by atoms with E-state index >= 15 is 0 Å². The van der Waals surface area contributed by atoms with Gasteiger partial charge in [0.1, 0.15) is 0 Å². The van der Waals surface area contributed by atoms with Crippen molar-refractivity contribution in [3.63, 3.8) is 0 Å². The van der Waals surface area contributed by atoms with Gasteiger partial charge in [-0.2, -0.15) is 0 Å². The zero-order valence-corrected chi connectivity index (χ0v) is 13.8. The van der Waals surface area contributed by atoms with E-state index in [0.29, 0.717) is 25.3 Å². The van der Waals surface area contributed by atoms with Crippen LogP contribution in [0.5, 0.6) is 0 Å². The summed E-state index contributed by atoms with van der Waals surface area (Å²) in [5.41, 5.74) is 0.862. The number of nitrogens with one attached hydrogen (secondary N) is 1. The molecular weight excluding hydrogens is 292 g/mol. The zero-order valence-electron chi connectivity index (χ0n) is 13.8. The minimum absolute atomic E-state index is 0.248. The lowest BCUT2D eigenvalue weighted by Crippen LogP contribution is -2.49. The molecule has 2 N–H and O–H groups in total.